The normalized spacial score (nSPS) is 25.5. The molecule has 0 aliphatic carbocycles. The van der Waals surface area contributed by atoms with Gasteiger partial charge in [-0.3, -0.25) is 4.68 Å². The molecule has 0 N–H and O–H groups in total. The van der Waals surface area contributed by atoms with Gasteiger partial charge in [0.25, 0.3) is 0 Å². The minimum Gasteiger partial charge on any atom is -0.378 e. The van der Waals surface area contributed by atoms with E-state index in [2.05, 4.69) is 28.7 Å². The molecule has 0 radical (unpaired) electrons. The van der Waals surface area contributed by atoms with E-state index < -0.39 is 0 Å². The molecule has 2 atom stereocenters. The minimum atomic E-state index is 0.673. The standard InChI is InChI=1S/C17H26N6O/c1-12-8-13(2)11-23(10-12)17-19-15-14(9-18-21(15)3)16(20-17)22-4-6-24-7-5-22/h9,12-13H,4-8,10-11H2,1-3H3/t12-,13-/m0/s1. The lowest BCUT2D eigenvalue weighted by atomic mass is 9.92. The van der Waals surface area contributed by atoms with E-state index in [-0.39, 0.29) is 0 Å². The lowest BCUT2D eigenvalue weighted by molar-refractivity contribution is 0.122. The van der Waals surface area contributed by atoms with E-state index in [0.29, 0.717) is 11.8 Å². The second-order valence-electron chi connectivity index (χ2n) is 7.30. The van der Waals surface area contributed by atoms with Gasteiger partial charge in [0.15, 0.2) is 5.65 Å². The maximum Gasteiger partial charge on any atom is 0.229 e. The van der Waals surface area contributed by atoms with Crippen molar-refractivity contribution in [3.8, 4) is 0 Å². The SMILES string of the molecule is C[C@H]1C[C@H](C)CN(c2nc(N3CCOCC3)c3cnn(C)c3n2)C1. The van der Waals surface area contributed by atoms with Crippen LogP contribution in [0.2, 0.25) is 0 Å². The first-order valence-corrected chi connectivity index (χ1v) is 8.89. The van der Waals surface area contributed by atoms with Gasteiger partial charge in [-0.2, -0.15) is 15.1 Å². The van der Waals surface area contributed by atoms with Gasteiger partial charge in [0.1, 0.15) is 5.82 Å². The average Bonchev–Trinajstić information content (AvgIpc) is 2.95. The van der Waals surface area contributed by atoms with Crippen LogP contribution in [-0.2, 0) is 11.8 Å². The largest absolute Gasteiger partial charge is 0.378 e. The van der Waals surface area contributed by atoms with Crippen molar-refractivity contribution in [1.82, 2.24) is 19.7 Å². The van der Waals surface area contributed by atoms with Gasteiger partial charge in [0.05, 0.1) is 24.8 Å². The molecule has 0 spiro atoms. The second-order valence-corrected chi connectivity index (χ2v) is 7.30. The molecule has 2 aromatic rings. The zero-order chi connectivity index (χ0) is 16.7. The Labute approximate surface area is 142 Å². The highest BCUT2D eigenvalue weighted by atomic mass is 16.5. The van der Waals surface area contributed by atoms with Crippen molar-refractivity contribution in [3.05, 3.63) is 6.20 Å². The fourth-order valence-corrected chi connectivity index (χ4v) is 3.98. The molecule has 0 unspecified atom stereocenters. The molecule has 4 rings (SSSR count). The third kappa shape index (κ3) is 2.81. The number of morpholine rings is 1. The Balaban J connectivity index is 1.77. The quantitative estimate of drug-likeness (QED) is 0.835. The van der Waals surface area contributed by atoms with Gasteiger partial charge in [-0.25, -0.2) is 0 Å². The molecule has 2 fully saturated rings. The predicted octanol–water partition coefficient (Wildman–Crippen LogP) is 1.68. The maximum absolute atomic E-state index is 5.50. The molecular weight excluding hydrogens is 304 g/mol. The maximum atomic E-state index is 5.50. The molecular formula is C17H26N6O. The fraction of sp³-hybridized carbons (Fsp3) is 0.706. The van der Waals surface area contributed by atoms with Gasteiger partial charge >= 0.3 is 0 Å². The first kappa shape index (κ1) is 15.6. The van der Waals surface area contributed by atoms with Crippen LogP contribution in [-0.4, -0.2) is 59.1 Å². The van der Waals surface area contributed by atoms with Gasteiger partial charge in [-0.1, -0.05) is 13.8 Å². The van der Waals surface area contributed by atoms with Crippen LogP contribution in [0.3, 0.4) is 0 Å². The lowest BCUT2D eigenvalue weighted by Gasteiger charge is -2.36. The molecule has 0 bridgehead atoms. The third-order valence-corrected chi connectivity index (χ3v) is 5.02. The van der Waals surface area contributed by atoms with Crippen LogP contribution >= 0.6 is 0 Å². The van der Waals surface area contributed by atoms with E-state index in [4.69, 9.17) is 14.7 Å². The molecule has 0 aromatic carbocycles. The second kappa shape index (κ2) is 6.20. The Hall–Kier alpha value is -1.89. The van der Waals surface area contributed by atoms with E-state index in [0.717, 1.165) is 62.2 Å². The summed E-state index contributed by atoms with van der Waals surface area (Å²) in [5, 5.41) is 5.43. The van der Waals surface area contributed by atoms with Crippen LogP contribution in [0.5, 0.6) is 0 Å². The summed E-state index contributed by atoms with van der Waals surface area (Å²) in [6, 6.07) is 0. The van der Waals surface area contributed by atoms with E-state index in [9.17, 15) is 0 Å². The number of aryl methyl sites for hydroxylation is 1. The number of anilines is 2. The average molecular weight is 330 g/mol. The molecule has 0 amide bonds. The Bertz CT molecular complexity index is 713. The highest BCUT2D eigenvalue weighted by Gasteiger charge is 2.26. The molecule has 7 nitrogen and oxygen atoms in total. The van der Waals surface area contributed by atoms with Crippen molar-refractivity contribution in [2.75, 3.05) is 49.2 Å². The Morgan fingerprint density at radius 3 is 2.46 bits per heavy atom. The molecule has 24 heavy (non-hydrogen) atoms. The van der Waals surface area contributed by atoms with E-state index in [1.54, 1.807) is 0 Å². The van der Waals surface area contributed by atoms with Crippen LogP contribution in [0.25, 0.3) is 11.0 Å². The van der Waals surface area contributed by atoms with Crippen molar-refractivity contribution in [2.45, 2.75) is 20.3 Å². The molecule has 2 saturated heterocycles. The van der Waals surface area contributed by atoms with Crippen molar-refractivity contribution in [3.63, 3.8) is 0 Å². The zero-order valence-corrected chi connectivity index (χ0v) is 14.8. The van der Waals surface area contributed by atoms with E-state index in [1.165, 1.54) is 6.42 Å². The number of piperidine rings is 1. The molecule has 0 saturated carbocycles. The molecule has 2 aromatic heterocycles. The Morgan fingerprint density at radius 1 is 1.04 bits per heavy atom. The van der Waals surface area contributed by atoms with Gasteiger partial charge in [0, 0.05) is 33.2 Å². The summed E-state index contributed by atoms with van der Waals surface area (Å²) in [6.07, 6.45) is 3.16. The summed E-state index contributed by atoms with van der Waals surface area (Å²) < 4.78 is 7.35. The monoisotopic (exact) mass is 330 g/mol. The molecule has 7 heteroatoms. The number of fused-ring (bicyclic) bond motifs is 1. The highest BCUT2D eigenvalue weighted by Crippen LogP contribution is 2.30. The van der Waals surface area contributed by atoms with Gasteiger partial charge in [-0.05, 0) is 18.3 Å². The van der Waals surface area contributed by atoms with Crippen molar-refractivity contribution < 1.29 is 4.74 Å². The van der Waals surface area contributed by atoms with Crippen LogP contribution in [0.15, 0.2) is 6.20 Å². The summed E-state index contributed by atoms with van der Waals surface area (Å²) in [6.45, 7) is 9.91. The number of hydrogen-bond acceptors (Lipinski definition) is 6. The van der Waals surface area contributed by atoms with Gasteiger partial charge in [-0.15, -0.1) is 0 Å². The summed E-state index contributed by atoms with van der Waals surface area (Å²) in [5.74, 6) is 3.18. The van der Waals surface area contributed by atoms with E-state index in [1.807, 2.05) is 17.9 Å². The number of aromatic nitrogens is 4. The van der Waals surface area contributed by atoms with Crippen LogP contribution in [0, 0.1) is 11.8 Å². The number of hydrogen-bond donors (Lipinski definition) is 0. The lowest BCUT2D eigenvalue weighted by Crippen LogP contribution is -2.41. The summed E-state index contributed by atoms with van der Waals surface area (Å²) in [4.78, 5) is 14.4. The fourth-order valence-electron chi connectivity index (χ4n) is 3.98. The minimum absolute atomic E-state index is 0.673. The first-order valence-electron chi connectivity index (χ1n) is 8.89. The highest BCUT2D eigenvalue weighted by molar-refractivity contribution is 5.88. The molecule has 2 aliphatic rings. The molecule has 4 heterocycles. The van der Waals surface area contributed by atoms with Crippen LogP contribution in [0.4, 0.5) is 11.8 Å². The first-order chi connectivity index (χ1) is 11.6. The van der Waals surface area contributed by atoms with Crippen LogP contribution in [0.1, 0.15) is 20.3 Å². The van der Waals surface area contributed by atoms with E-state index >= 15 is 0 Å². The summed E-state index contributed by atoms with van der Waals surface area (Å²) in [7, 11) is 1.95. The predicted molar refractivity (Wildman–Crippen MR) is 94.5 cm³/mol. The number of nitrogens with zero attached hydrogens (tertiary/aromatic N) is 6. The van der Waals surface area contributed by atoms with Crippen LogP contribution < -0.4 is 9.80 Å². The third-order valence-electron chi connectivity index (χ3n) is 5.02. The van der Waals surface area contributed by atoms with Gasteiger partial charge in [0.2, 0.25) is 5.95 Å². The topological polar surface area (TPSA) is 59.3 Å². The number of ether oxygens (including phenoxy) is 1. The summed E-state index contributed by atoms with van der Waals surface area (Å²) in [5.41, 5.74) is 0.910. The zero-order valence-electron chi connectivity index (χ0n) is 14.8. The number of rotatable bonds is 2. The summed E-state index contributed by atoms with van der Waals surface area (Å²) >= 11 is 0. The Kier molecular flexibility index (Phi) is 4.04. The van der Waals surface area contributed by atoms with Gasteiger partial charge < -0.3 is 14.5 Å². The molecule has 130 valence electrons. The molecule has 2 aliphatic heterocycles. The smallest absolute Gasteiger partial charge is 0.229 e. The van der Waals surface area contributed by atoms with Crippen molar-refractivity contribution >= 4 is 22.8 Å². The van der Waals surface area contributed by atoms with Crippen molar-refractivity contribution in [1.29, 1.82) is 0 Å². The van der Waals surface area contributed by atoms with Crippen molar-refractivity contribution in [2.24, 2.45) is 18.9 Å². The Morgan fingerprint density at radius 2 is 1.75 bits per heavy atom.